The first-order valence-corrected chi connectivity index (χ1v) is 14.3. The zero-order valence-corrected chi connectivity index (χ0v) is 23.3. The third kappa shape index (κ3) is 9.14. The van der Waals surface area contributed by atoms with Crippen LogP contribution in [-0.2, 0) is 25.7 Å². The van der Waals surface area contributed by atoms with E-state index >= 15 is 0 Å². The standard InChI is InChI=1S/C34H46O3/c1-5-7-9-16-28-18-11-13-22-33(28)36-26(3)24-30-20-15-21-32(35)31(30)25-27(4)37-34-23-14-12-19-29(34)17-10-8-6-2/h11-15,18-23,26-27,35H,5-10,16-17,24-25H2,1-4H3. The Hall–Kier alpha value is -2.94. The highest BCUT2D eigenvalue weighted by Crippen LogP contribution is 2.28. The number of para-hydroxylation sites is 2. The number of ether oxygens (including phenoxy) is 2. The zero-order chi connectivity index (χ0) is 26.5. The van der Waals surface area contributed by atoms with E-state index in [1.165, 1.54) is 49.7 Å². The van der Waals surface area contributed by atoms with Gasteiger partial charge in [0.1, 0.15) is 23.4 Å². The number of benzene rings is 3. The Morgan fingerprint density at radius 3 is 1.62 bits per heavy atom. The van der Waals surface area contributed by atoms with Crippen LogP contribution < -0.4 is 9.47 Å². The largest absolute Gasteiger partial charge is 0.508 e. The highest BCUT2D eigenvalue weighted by atomic mass is 16.5. The lowest BCUT2D eigenvalue weighted by Crippen LogP contribution is -2.20. The molecule has 0 fully saturated rings. The van der Waals surface area contributed by atoms with Gasteiger partial charge in [-0.25, -0.2) is 0 Å². The van der Waals surface area contributed by atoms with Gasteiger partial charge in [0.2, 0.25) is 0 Å². The lowest BCUT2D eigenvalue weighted by molar-refractivity contribution is 0.212. The van der Waals surface area contributed by atoms with Gasteiger partial charge >= 0.3 is 0 Å². The second kappa shape index (κ2) is 15.3. The van der Waals surface area contributed by atoms with Crippen molar-refractivity contribution in [2.75, 3.05) is 0 Å². The fraction of sp³-hybridized carbons (Fsp3) is 0.471. The molecular formula is C34H46O3. The van der Waals surface area contributed by atoms with Crippen LogP contribution in [0.25, 0.3) is 0 Å². The molecule has 3 rings (SSSR count). The molecule has 37 heavy (non-hydrogen) atoms. The molecule has 2 unspecified atom stereocenters. The van der Waals surface area contributed by atoms with Crippen LogP contribution in [0, 0.1) is 0 Å². The van der Waals surface area contributed by atoms with E-state index in [1.807, 2.05) is 18.2 Å². The van der Waals surface area contributed by atoms with E-state index in [0.717, 1.165) is 41.9 Å². The molecule has 0 bridgehead atoms. The van der Waals surface area contributed by atoms with Crippen molar-refractivity contribution >= 4 is 0 Å². The Balaban J connectivity index is 1.67. The average Bonchev–Trinajstić information content (AvgIpc) is 2.88. The van der Waals surface area contributed by atoms with Gasteiger partial charge in [0.05, 0.1) is 6.10 Å². The molecule has 1 N–H and O–H groups in total. The highest BCUT2D eigenvalue weighted by Gasteiger charge is 2.17. The van der Waals surface area contributed by atoms with Gasteiger partial charge in [0, 0.05) is 18.4 Å². The van der Waals surface area contributed by atoms with Crippen molar-refractivity contribution in [3.8, 4) is 17.2 Å². The number of aryl methyl sites for hydroxylation is 2. The molecular weight excluding hydrogens is 456 g/mol. The topological polar surface area (TPSA) is 38.7 Å². The monoisotopic (exact) mass is 502 g/mol. The Bertz CT molecular complexity index is 1070. The smallest absolute Gasteiger partial charge is 0.122 e. The van der Waals surface area contributed by atoms with Crippen LogP contribution in [0.2, 0.25) is 0 Å². The van der Waals surface area contributed by atoms with Gasteiger partial charge in [-0.15, -0.1) is 0 Å². The summed E-state index contributed by atoms with van der Waals surface area (Å²) in [7, 11) is 0. The first-order valence-electron chi connectivity index (χ1n) is 14.3. The number of hydrogen-bond acceptors (Lipinski definition) is 3. The summed E-state index contributed by atoms with van der Waals surface area (Å²) in [4.78, 5) is 0. The third-order valence-electron chi connectivity index (χ3n) is 6.95. The number of aromatic hydroxyl groups is 1. The van der Waals surface area contributed by atoms with Crippen molar-refractivity contribution < 1.29 is 14.6 Å². The van der Waals surface area contributed by atoms with Crippen LogP contribution in [0.3, 0.4) is 0 Å². The van der Waals surface area contributed by atoms with Crippen molar-refractivity contribution in [1.29, 1.82) is 0 Å². The molecule has 0 spiro atoms. The first kappa shape index (κ1) is 28.6. The van der Waals surface area contributed by atoms with E-state index in [0.29, 0.717) is 12.2 Å². The lowest BCUT2D eigenvalue weighted by Gasteiger charge is -2.22. The van der Waals surface area contributed by atoms with E-state index in [9.17, 15) is 5.11 Å². The van der Waals surface area contributed by atoms with E-state index in [-0.39, 0.29) is 12.2 Å². The molecule has 0 heterocycles. The normalized spacial score (nSPS) is 12.8. The summed E-state index contributed by atoms with van der Waals surface area (Å²) in [5, 5.41) is 10.8. The molecule has 0 aliphatic carbocycles. The molecule has 0 saturated carbocycles. The molecule has 0 amide bonds. The van der Waals surface area contributed by atoms with Crippen molar-refractivity contribution in [3.05, 3.63) is 89.0 Å². The Labute approximate surface area is 224 Å². The molecule has 200 valence electrons. The second-order valence-electron chi connectivity index (χ2n) is 10.3. The fourth-order valence-electron chi connectivity index (χ4n) is 4.94. The van der Waals surface area contributed by atoms with Crippen LogP contribution in [0.15, 0.2) is 66.7 Å². The summed E-state index contributed by atoms with van der Waals surface area (Å²) in [5.74, 6) is 2.26. The highest BCUT2D eigenvalue weighted by molar-refractivity contribution is 5.41. The van der Waals surface area contributed by atoms with Crippen molar-refractivity contribution in [3.63, 3.8) is 0 Å². The predicted molar refractivity (Wildman–Crippen MR) is 155 cm³/mol. The van der Waals surface area contributed by atoms with Gasteiger partial charge in [0.15, 0.2) is 0 Å². The number of rotatable bonds is 16. The minimum Gasteiger partial charge on any atom is -0.508 e. The van der Waals surface area contributed by atoms with Gasteiger partial charge < -0.3 is 14.6 Å². The van der Waals surface area contributed by atoms with Crippen molar-refractivity contribution in [2.24, 2.45) is 0 Å². The maximum atomic E-state index is 10.8. The zero-order valence-electron chi connectivity index (χ0n) is 23.3. The summed E-state index contributed by atoms with van der Waals surface area (Å²) in [6.07, 6.45) is 10.6. The Morgan fingerprint density at radius 1 is 0.595 bits per heavy atom. The molecule has 0 aromatic heterocycles. The van der Waals surface area contributed by atoms with Crippen LogP contribution in [0.5, 0.6) is 17.2 Å². The summed E-state index contributed by atoms with van der Waals surface area (Å²) in [5.41, 5.74) is 4.60. The van der Waals surface area contributed by atoms with E-state index < -0.39 is 0 Å². The summed E-state index contributed by atoms with van der Waals surface area (Å²) >= 11 is 0. The number of unbranched alkanes of at least 4 members (excludes halogenated alkanes) is 4. The van der Waals surface area contributed by atoms with Crippen LogP contribution in [0.4, 0.5) is 0 Å². The molecule has 0 saturated heterocycles. The molecule has 3 heteroatoms. The first-order chi connectivity index (χ1) is 18.0. The van der Waals surface area contributed by atoms with Gasteiger partial charge in [-0.2, -0.15) is 0 Å². The van der Waals surface area contributed by atoms with Gasteiger partial charge in [0.25, 0.3) is 0 Å². The molecule has 0 aliphatic rings. The average molecular weight is 503 g/mol. The van der Waals surface area contributed by atoms with Crippen molar-refractivity contribution in [2.45, 2.75) is 104 Å². The third-order valence-corrected chi connectivity index (χ3v) is 6.95. The second-order valence-corrected chi connectivity index (χ2v) is 10.3. The molecule has 3 nitrogen and oxygen atoms in total. The molecule has 2 atom stereocenters. The minimum absolute atomic E-state index is 0.0107. The maximum Gasteiger partial charge on any atom is 0.122 e. The Morgan fingerprint density at radius 2 is 1.08 bits per heavy atom. The summed E-state index contributed by atoms with van der Waals surface area (Å²) < 4.78 is 12.8. The number of phenols is 1. The van der Waals surface area contributed by atoms with E-state index in [1.54, 1.807) is 6.07 Å². The minimum atomic E-state index is -0.0603. The molecule has 3 aromatic rings. The Kier molecular flexibility index (Phi) is 11.9. The molecule has 0 radical (unpaired) electrons. The molecule has 3 aromatic carbocycles. The van der Waals surface area contributed by atoms with E-state index in [2.05, 4.69) is 70.2 Å². The van der Waals surface area contributed by atoms with Crippen LogP contribution in [0.1, 0.15) is 88.5 Å². The van der Waals surface area contributed by atoms with Gasteiger partial charge in [-0.3, -0.25) is 0 Å². The quantitative estimate of drug-likeness (QED) is 0.199. The molecule has 0 aliphatic heterocycles. The number of hydrogen-bond donors (Lipinski definition) is 1. The maximum absolute atomic E-state index is 10.8. The lowest BCUT2D eigenvalue weighted by atomic mass is 9.96. The SMILES string of the molecule is CCCCCc1ccccc1OC(C)Cc1cccc(O)c1CC(C)Oc1ccccc1CCCCC. The van der Waals surface area contributed by atoms with Crippen LogP contribution >= 0.6 is 0 Å². The van der Waals surface area contributed by atoms with Gasteiger partial charge in [-0.1, -0.05) is 88.1 Å². The fourth-order valence-corrected chi connectivity index (χ4v) is 4.94. The summed E-state index contributed by atoms with van der Waals surface area (Å²) in [6.45, 7) is 8.66. The van der Waals surface area contributed by atoms with Gasteiger partial charge in [-0.05, 0) is 74.4 Å². The number of phenolic OH excluding ortho intramolecular Hbond substituents is 1. The summed E-state index contributed by atoms with van der Waals surface area (Å²) in [6, 6.07) is 22.6. The predicted octanol–water partition coefficient (Wildman–Crippen LogP) is 8.88. The van der Waals surface area contributed by atoms with E-state index in [4.69, 9.17) is 9.47 Å². The van der Waals surface area contributed by atoms with Crippen molar-refractivity contribution in [1.82, 2.24) is 0 Å². The van der Waals surface area contributed by atoms with Crippen LogP contribution in [-0.4, -0.2) is 17.3 Å².